The van der Waals surface area contributed by atoms with Crippen molar-refractivity contribution in [2.24, 2.45) is 0 Å². The second-order valence-corrected chi connectivity index (χ2v) is 6.32. The third-order valence-corrected chi connectivity index (χ3v) is 4.67. The van der Waals surface area contributed by atoms with Gasteiger partial charge in [0.1, 0.15) is 6.04 Å². The number of hydrogen-bond acceptors (Lipinski definition) is 3. The monoisotopic (exact) mass is 395 g/mol. The van der Waals surface area contributed by atoms with Crippen LogP contribution in [0, 0.1) is 0 Å². The average Bonchev–Trinajstić information content (AvgIpc) is 3.05. The van der Waals surface area contributed by atoms with Crippen molar-refractivity contribution in [3.63, 3.8) is 0 Å². The summed E-state index contributed by atoms with van der Waals surface area (Å²) in [7, 11) is 1.90. The van der Waals surface area contributed by atoms with Gasteiger partial charge in [0.15, 0.2) is 0 Å². The predicted molar refractivity (Wildman–Crippen MR) is 113 cm³/mol. The van der Waals surface area contributed by atoms with Crippen LogP contribution in [0.3, 0.4) is 0 Å². The van der Waals surface area contributed by atoms with Crippen LogP contribution in [0.2, 0.25) is 0 Å². The topological polar surface area (TPSA) is 44.4 Å². The molecule has 1 aliphatic rings. The van der Waals surface area contributed by atoms with Crippen LogP contribution in [0.4, 0.5) is 5.69 Å². The highest BCUT2D eigenvalue weighted by atomic mass is 35.5. The van der Waals surface area contributed by atoms with Crippen LogP contribution in [0.25, 0.3) is 0 Å². The molecule has 1 amide bonds. The van der Waals surface area contributed by atoms with Crippen LogP contribution in [0.1, 0.15) is 24.1 Å². The van der Waals surface area contributed by atoms with Crippen molar-refractivity contribution >= 4 is 36.4 Å². The lowest BCUT2D eigenvalue weighted by molar-refractivity contribution is -0.122. The van der Waals surface area contributed by atoms with E-state index >= 15 is 0 Å². The average molecular weight is 396 g/mol. The first-order valence-electron chi connectivity index (χ1n) is 8.55. The second kappa shape index (κ2) is 10.4. The summed E-state index contributed by atoms with van der Waals surface area (Å²) in [6.07, 6.45) is 0.986. The quantitative estimate of drug-likeness (QED) is 0.787. The number of likely N-dealkylation sites (N-methyl/N-ethyl adjacent to an activating group) is 1. The zero-order valence-corrected chi connectivity index (χ0v) is 16.8. The number of rotatable bonds is 6. The normalized spacial score (nSPS) is 14.5. The number of carbonyl (C=O) groups excluding carboxylic acids is 1. The molecule has 0 bridgehead atoms. The first kappa shape index (κ1) is 22.3. The Balaban J connectivity index is 0.00000169. The van der Waals surface area contributed by atoms with E-state index in [1.54, 1.807) is 0 Å². The number of carbonyl (C=O) groups is 1. The van der Waals surface area contributed by atoms with Gasteiger partial charge in [-0.05, 0) is 37.6 Å². The van der Waals surface area contributed by atoms with E-state index in [-0.39, 0.29) is 42.8 Å². The summed E-state index contributed by atoms with van der Waals surface area (Å²) in [6, 6.07) is 18.4. The van der Waals surface area contributed by atoms with E-state index in [1.807, 2.05) is 43.4 Å². The number of halogens is 2. The molecule has 1 aliphatic heterocycles. The van der Waals surface area contributed by atoms with Gasteiger partial charge in [0, 0.05) is 24.8 Å². The Morgan fingerprint density at radius 2 is 1.73 bits per heavy atom. The van der Waals surface area contributed by atoms with E-state index in [4.69, 9.17) is 0 Å². The van der Waals surface area contributed by atoms with E-state index in [0.29, 0.717) is 6.54 Å². The minimum absolute atomic E-state index is 0. The Morgan fingerprint density at radius 1 is 1.08 bits per heavy atom. The molecule has 0 aliphatic carbocycles. The molecule has 0 fully saturated rings. The summed E-state index contributed by atoms with van der Waals surface area (Å²) in [5.74, 6) is 0.0556. The zero-order valence-electron chi connectivity index (χ0n) is 15.1. The highest BCUT2D eigenvalue weighted by Gasteiger charge is 2.32. The Kier molecular flexibility index (Phi) is 8.93. The fraction of sp³-hybridized carbons (Fsp3) is 0.350. The zero-order chi connectivity index (χ0) is 16.9. The van der Waals surface area contributed by atoms with Crippen molar-refractivity contribution in [3.05, 3.63) is 65.7 Å². The SMILES string of the molecule is CNC(C)CNC(=O)C(c1ccccc1)N1CCc2ccccc21.Cl.Cl. The number of anilines is 1. The number of para-hydroxylation sites is 1. The largest absolute Gasteiger partial charge is 0.355 e. The van der Waals surface area contributed by atoms with Crippen molar-refractivity contribution in [2.45, 2.75) is 25.4 Å². The molecule has 2 N–H and O–H groups in total. The smallest absolute Gasteiger partial charge is 0.247 e. The molecule has 2 atom stereocenters. The van der Waals surface area contributed by atoms with Crippen LogP contribution in [0.5, 0.6) is 0 Å². The van der Waals surface area contributed by atoms with Crippen molar-refractivity contribution in [2.75, 3.05) is 25.0 Å². The van der Waals surface area contributed by atoms with Crippen LogP contribution in [0.15, 0.2) is 54.6 Å². The highest BCUT2D eigenvalue weighted by Crippen LogP contribution is 2.35. The van der Waals surface area contributed by atoms with Crippen LogP contribution in [-0.2, 0) is 11.2 Å². The Bertz CT molecular complexity index is 696. The maximum atomic E-state index is 13.0. The van der Waals surface area contributed by atoms with Gasteiger partial charge in [-0.2, -0.15) is 0 Å². The molecular weight excluding hydrogens is 369 g/mol. The molecule has 26 heavy (non-hydrogen) atoms. The molecule has 2 aromatic rings. The van der Waals surface area contributed by atoms with Crippen molar-refractivity contribution < 1.29 is 4.79 Å². The number of hydrogen-bond donors (Lipinski definition) is 2. The molecule has 2 unspecified atom stereocenters. The van der Waals surface area contributed by atoms with Gasteiger partial charge in [0.2, 0.25) is 5.91 Å². The van der Waals surface area contributed by atoms with Gasteiger partial charge in [-0.3, -0.25) is 4.79 Å². The third kappa shape index (κ3) is 4.91. The minimum Gasteiger partial charge on any atom is -0.355 e. The lowest BCUT2D eigenvalue weighted by Crippen LogP contribution is -2.44. The summed E-state index contributed by atoms with van der Waals surface area (Å²) >= 11 is 0. The van der Waals surface area contributed by atoms with Gasteiger partial charge in [-0.1, -0.05) is 48.5 Å². The van der Waals surface area contributed by atoms with Crippen molar-refractivity contribution in [1.82, 2.24) is 10.6 Å². The van der Waals surface area contributed by atoms with Crippen LogP contribution >= 0.6 is 24.8 Å². The molecule has 2 aromatic carbocycles. The van der Waals surface area contributed by atoms with E-state index in [0.717, 1.165) is 18.5 Å². The predicted octanol–water partition coefficient (Wildman–Crippen LogP) is 3.36. The fourth-order valence-electron chi connectivity index (χ4n) is 3.19. The first-order chi connectivity index (χ1) is 11.7. The molecule has 6 heteroatoms. The molecule has 3 rings (SSSR count). The maximum absolute atomic E-state index is 13.0. The molecule has 4 nitrogen and oxygen atoms in total. The van der Waals surface area contributed by atoms with Gasteiger partial charge in [0.25, 0.3) is 0 Å². The molecule has 0 radical (unpaired) electrons. The number of fused-ring (bicyclic) bond motifs is 1. The van der Waals surface area contributed by atoms with E-state index in [1.165, 1.54) is 11.3 Å². The summed E-state index contributed by atoms with van der Waals surface area (Å²) in [4.78, 5) is 15.2. The van der Waals surface area contributed by atoms with Gasteiger partial charge in [-0.25, -0.2) is 0 Å². The van der Waals surface area contributed by atoms with Crippen LogP contribution in [-0.4, -0.2) is 32.1 Å². The summed E-state index contributed by atoms with van der Waals surface area (Å²) < 4.78 is 0. The van der Waals surface area contributed by atoms with E-state index in [2.05, 4.69) is 40.7 Å². The molecule has 0 saturated heterocycles. The third-order valence-electron chi connectivity index (χ3n) is 4.67. The molecule has 0 saturated carbocycles. The number of nitrogens with zero attached hydrogens (tertiary/aromatic N) is 1. The van der Waals surface area contributed by atoms with Crippen molar-refractivity contribution in [1.29, 1.82) is 0 Å². The van der Waals surface area contributed by atoms with Crippen molar-refractivity contribution in [3.8, 4) is 0 Å². The van der Waals surface area contributed by atoms with Gasteiger partial charge in [0.05, 0.1) is 0 Å². The minimum atomic E-state index is -0.293. The van der Waals surface area contributed by atoms with Crippen LogP contribution < -0.4 is 15.5 Å². The maximum Gasteiger partial charge on any atom is 0.247 e. The van der Waals surface area contributed by atoms with Gasteiger partial charge in [-0.15, -0.1) is 24.8 Å². The Morgan fingerprint density at radius 3 is 2.42 bits per heavy atom. The Labute approximate surface area is 168 Å². The molecule has 0 aromatic heterocycles. The molecule has 0 spiro atoms. The lowest BCUT2D eigenvalue weighted by Gasteiger charge is -2.30. The van der Waals surface area contributed by atoms with E-state index < -0.39 is 0 Å². The highest BCUT2D eigenvalue weighted by molar-refractivity contribution is 5.87. The lowest BCUT2D eigenvalue weighted by atomic mass is 10.0. The summed E-state index contributed by atoms with van der Waals surface area (Å²) in [6.45, 7) is 3.55. The Hall–Kier alpha value is -1.75. The fourth-order valence-corrected chi connectivity index (χ4v) is 3.19. The summed E-state index contributed by atoms with van der Waals surface area (Å²) in [5, 5.41) is 6.25. The first-order valence-corrected chi connectivity index (χ1v) is 8.55. The molecule has 142 valence electrons. The number of benzene rings is 2. The van der Waals surface area contributed by atoms with Gasteiger partial charge >= 0.3 is 0 Å². The molecular formula is C20H27Cl2N3O. The van der Waals surface area contributed by atoms with Gasteiger partial charge < -0.3 is 15.5 Å². The number of nitrogens with one attached hydrogen (secondary N) is 2. The second-order valence-electron chi connectivity index (χ2n) is 6.32. The molecule has 1 heterocycles. The number of amides is 1. The standard InChI is InChI=1S/C20H25N3O.2ClH/c1-15(21-2)14-22-20(24)19(17-9-4-3-5-10-17)23-13-12-16-8-6-7-11-18(16)23;;/h3-11,15,19,21H,12-14H2,1-2H3,(H,22,24);2*1H. The van der Waals surface area contributed by atoms with E-state index in [9.17, 15) is 4.79 Å². The summed E-state index contributed by atoms with van der Waals surface area (Å²) in [5.41, 5.74) is 3.52.